The molecule has 0 bridgehead atoms. The molecule has 0 fully saturated rings. The predicted molar refractivity (Wildman–Crippen MR) is 75.7 cm³/mol. The minimum absolute atomic E-state index is 0.0587. The SMILES string of the molecule is CN(CCCCCCl)C(=O)c1ccccc1Br. The van der Waals surface area contributed by atoms with Gasteiger partial charge in [0.1, 0.15) is 0 Å². The van der Waals surface area contributed by atoms with Gasteiger partial charge in [0.2, 0.25) is 0 Å². The molecule has 0 atom stereocenters. The maximum absolute atomic E-state index is 12.1. The molecule has 17 heavy (non-hydrogen) atoms. The van der Waals surface area contributed by atoms with Gasteiger partial charge >= 0.3 is 0 Å². The zero-order valence-corrected chi connectivity index (χ0v) is 12.3. The van der Waals surface area contributed by atoms with Gasteiger partial charge in [-0.25, -0.2) is 0 Å². The summed E-state index contributed by atoms with van der Waals surface area (Å²) >= 11 is 9.00. The summed E-state index contributed by atoms with van der Waals surface area (Å²) in [6, 6.07) is 7.50. The van der Waals surface area contributed by atoms with Crippen LogP contribution in [-0.4, -0.2) is 30.3 Å². The molecule has 0 aliphatic carbocycles. The van der Waals surface area contributed by atoms with Crippen LogP contribution in [0.2, 0.25) is 0 Å². The third-order valence-electron chi connectivity index (χ3n) is 2.58. The highest BCUT2D eigenvalue weighted by Crippen LogP contribution is 2.17. The lowest BCUT2D eigenvalue weighted by Crippen LogP contribution is -2.28. The van der Waals surface area contributed by atoms with Crippen molar-refractivity contribution in [2.45, 2.75) is 19.3 Å². The van der Waals surface area contributed by atoms with Gasteiger partial charge in [-0.05, 0) is 40.9 Å². The Hall–Kier alpha value is -0.540. The number of amides is 1. The molecular formula is C13H17BrClNO. The van der Waals surface area contributed by atoms with Crippen LogP contribution in [0.3, 0.4) is 0 Å². The average molecular weight is 319 g/mol. The maximum Gasteiger partial charge on any atom is 0.254 e. The van der Waals surface area contributed by atoms with E-state index in [1.54, 1.807) is 4.90 Å². The van der Waals surface area contributed by atoms with E-state index in [1.165, 1.54) is 0 Å². The standard InChI is InChI=1S/C13H17BrClNO/c1-16(10-6-2-5-9-15)13(17)11-7-3-4-8-12(11)14/h3-4,7-8H,2,5-6,9-10H2,1H3. The van der Waals surface area contributed by atoms with E-state index in [4.69, 9.17) is 11.6 Å². The lowest BCUT2D eigenvalue weighted by atomic mass is 10.2. The lowest BCUT2D eigenvalue weighted by Gasteiger charge is -2.17. The molecule has 0 spiro atoms. The van der Waals surface area contributed by atoms with Crippen molar-refractivity contribution < 1.29 is 4.79 Å². The highest BCUT2D eigenvalue weighted by molar-refractivity contribution is 9.10. The Morgan fingerprint density at radius 1 is 1.29 bits per heavy atom. The van der Waals surface area contributed by atoms with Crippen LogP contribution in [0, 0.1) is 0 Å². The van der Waals surface area contributed by atoms with E-state index in [0.717, 1.165) is 30.3 Å². The van der Waals surface area contributed by atoms with Gasteiger partial charge in [-0.3, -0.25) is 4.79 Å². The van der Waals surface area contributed by atoms with Crippen LogP contribution in [0.25, 0.3) is 0 Å². The minimum atomic E-state index is 0.0587. The molecule has 0 aromatic heterocycles. The van der Waals surface area contributed by atoms with Crippen LogP contribution in [0.15, 0.2) is 28.7 Å². The first-order valence-electron chi connectivity index (χ1n) is 5.72. The fraction of sp³-hybridized carbons (Fsp3) is 0.462. The molecule has 0 N–H and O–H groups in total. The summed E-state index contributed by atoms with van der Waals surface area (Å²) in [4.78, 5) is 13.9. The molecule has 0 saturated heterocycles. The first-order chi connectivity index (χ1) is 8.16. The smallest absolute Gasteiger partial charge is 0.254 e. The van der Waals surface area contributed by atoms with Crippen LogP contribution >= 0.6 is 27.5 Å². The van der Waals surface area contributed by atoms with Crippen molar-refractivity contribution in [2.24, 2.45) is 0 Å². The van der Waals surface area contributed by atoms with Gasteiger partial charge in [-0.15, -0.1) is 11.6 Å². The summed E-state index contributed by atoms with van der Waals surface area (Å²) in [7, 11) is 1.84. The molecule has 2 nitrogen and oxygen atoms in total. The molecule has 0 radical (unpaired) electrons. The van der Waals surface area contributed by atoms with E-state index in [1.807, 2.05) is 31.3 Å². The van der Waals surface area contributed by atoms with Crippen molar-refractivity contribution in [3.05, 3.63) is 34.3 Å². The predicted octanol–water partition coefficient (Wildman–Crippen LogP) is 3.93. The summed E-state index contributed by atoms with van der Waals surface area (Å²) in [6.07, 6.45) is 3.08. The molecule has 0 saturated carbocycles. The number of benzene rings is 1. The van der Waals surface area contributed by atoms with Gasteiger partial charge in [0, 0.05) is 23.9 Å². The molecule has 1 rings (SSSR count). The Kier molecular flexibility index (Phi) is 6.60. The van der Waals surface area contributed by atoms with Crippen molar-refractivity contribution in [1.82, 2.24) is 4.90 Å². The largest absolute Gasteiger partial charge is 0.342 e. The number of hydrogen-bond acceptors (Lipinski definition) is 1. The molecule has 1 aromatic carbocycles. The molecule has 1 amide bonds. The summed E-state index contributed by atoms with van der Waals surface area (Å²) in [6.45, 7) is 0.775. The van der Waals surface area contributed by atoms with E-state index in [9.17, 15) is 4.79 Å². The molecule has 0 aliphatic heterocycles. The molecule has 0 heterocycles. The van der Waals surface area contributed by atoms with E-state index in [-0.39, 0.29) is 5.91 Å². The molecule has 1 aromatic rings. The second-order valence-electron chi connectivity index (χ2n) is 3.96. The van der Waals surface area contributed by atoms with Crippen LogP contribution in [-0.2, 0) is 0 Å². The van der Waals surface area contributed by atoms with Crippen molar-refractivity contribution in [3.8, 4) is 0 Å². The van der Waals surface area contributed by atoms with Gasteiger partial charge in [-0.1, -0.05) is 18.6 Å². The fourth-order valence-corrected chi connectivity index (χ4v) is 2.21. The number of nitrogens with zero attached hydrogens (tertiary/aromatic N) is 1. The van der Waals surface area contributed by atoms with Crippen molar-refractivity contribution in [1.29, 1.82) is 0 Å². The second kappa shape index (κ2) is 7.72. The number of rotatable bonds is 6. The van der Waals surface area contributed by atoms with Gasteiger partial charge < -0.3 is 4.90 Å². The number of unbranched alkanes of at least 4 members (excludes halogenated alkanes) is 2. The van der Waals surface area contributed by atoms with Gasteiger partial charge in [-0.2, -0.15) is 0 Å². The third-order valence-corrected chi connectivity index (χ3v) is 3.54. The number of halogens is 2. The second-order valence-corrected chi connectivity index (χ2v) is 5.19. The van der Waals surface area contributed by atoms with Gasteiger partial charge in [0.25, 0.3) is 5.91 Å². The molecular weight excluding hydrogens is 302 g/mol. The molecule has 94 valence electrons. The van der Waals surface area contributed by atoms with Crippen LogP contribution in [0.1, 0.15) is 29.6 Å². The Morgan fingerprint density at radius 3 is 2.65 bits per heavy atom. The molecule has 0 unspecified atom stereocenters. The van der Waals surface area contributed by atoms with Crippen molar-refractivity contribution in [2.75, 3.05) is 19.5 Å². The summed E-state index contributed by atoms with van der Waals surface area (Å²) in [5, 5.41) is 0. The zero-order valence-electron chi connectivity index (χ0n) is 9.96. The Labute approximate surface area is 116 Å². The van der Waals surface area contributed by atoms with E-state index < -0.39 is 0 Å². The van der Waals surface area contributed by atoms with Crippen LogP contribution in [0.5, 0.6) is 0 Å². The van der Waals surface area contributed by atoms with Crippen molar-refractivity contribution >= 4 is 33.4 Å². The summed E-state index contributed by atoms with van der Waals surface area (Å²) < 4.78 is 0.845. The summed E-state index contributed by atoms with van der Waals surface area (Å²) in [5.74, 6) is 0.755. The molecule has 4 heteroatoms. The highest BCUT2D eigenvalue weighted by Gasteiger charge is 2.13. The lowest BCUT2D eigenvalue weighted by molar-refractivity contribution is 0.0792. The normalized spacial score (nSPS) is 10.3. The zero-order chi connectivity index (χ0) is 12.7. The van der Waals surface area contributed by atoms with E-state index in [0.29, 0.717) is 11.4 Å². The molecule has 0 aliphatic rings. The van der Waals surface area contributed by atoms with Gasteiger partial charge in [0.15, 0.2) is 0 Å². The quantitative estimate of drug-likeness (QED) is 0.575. The monoisotopic (exact) mass is 317 g/mol. The maximum atomic E-state index is 12.1. The van der Waals surface area contributed by atoms with Crippen LogP contribution in [0.4, 0.5) is 0 Å². The van der Waals surface area contributed by atoms with Crippen LogP contribution < -0.4 is 0 Å². The third kappa shape index (κ3) is 4.68. The first kappa shape index (κ1) is 14.5. The number of alkyl halides is 1. The fourth-order valence-electron chi connectivity index (χ4n) is 1.56. The number of hydrogen-bond donors (Lipinski definition) is 0. The minimum Gasteiger partial charge on any atom is -0.342 e. The first-order valence-corrected chi connectivity index (χ1v) is 7.05. The Balaban J connectivity index is 2.49. The Morgan fingerprint density at radius 2 is 2.00 bits per heavy atom. The van der Waals surface area contributed by atoms with Crippen molar-refractivity contribution in [3.63, 3.8) is 0 Å². The van der Waals surface area contributed by atoms with Gasteiger partial charge in [0.05, 0.1) is 5.56 Å². The number of carbonyl (C=O) groups is 1. The average Bonchev–Trinajstić information content (AvgIpc) is 2.34. The van der Waals surface area contributed by atoms with E-state index >= 15 is 0 Å². The Bertz CT molecular complexity index is 370. The topological polar surface area (TPSA) is 20.3 Å². The number of carbonyl (C=O) groups excluding carboxylic acids is 1. The van der Waals surface area contributed by atoms with E-state index in [2.05, 4.69) is 15.9 Å². The summed E-state index contributed by atoms with van der Waals surface area (Å²) in [5.41, 5.74) is 0.715. The highest BCUT2D eigenvalue weighted by atomic mass is 79.9.